The maximum Gasteiger partial charge on any atom is 0.263 e. The van der Waals surface area contributed by atoms with Crippen LogP contribution in [0.3, 0.4) is 0 Å². The molecule has 0 radical (unpaired) electrons. The van der Waals surface area contributed by atoms with Crippen LogP contribution < -0.4 is 10.1 Å². The van der Waals surface area contributed by atoms with Crippen LogP contribution in [0.4, 0.5) is 0 Å². The first-order chi connectivity index (χ1) is 13.5. The fraction of sp³-hybridized carbons (Fsp3) is 0.652. The summed E-state index contributed by atoms with van der Waals surface area (Å²) in [5.74, 6) is 3.30. The van der Waals surface area contributed by atoms with Crippen LogP contribution in [0, 0.1) is 17.8 Å². The lowest BCUT2D eigenvalue weighted by atomic mass is 9.48. The molecule has 1 aromatic carbocycles. The minimum Gasteiger partial charge on any atom is -0.481 e. The molecule has 4 bridgehead atoms. The molecule has 5 nitrogen and oxygen atoms in total. The van der Waals surface area contributed by atoms with Gasteiger partial charge in [0.15, 0.2) is 6.10 Å². The van der Waals surface area contributed by atoms with Crippen LogP contribution in [0.15, 0.2) is 24.3 Å². The Morgan fingerprint density at radius 3 is 2.29 bits per heavy atom. The van der Waals surface area contributed by atoms with Gasteiger partial charge in [0, 0.05) is 13.1 Å². The van der Waals surface area contributed by atoms with Crippen molar-refractivity contribution in [2.45, 2.75) is 57.0 Å². The highest BCUT2D eigenvalue weighted by atomic mass is 16.5. The van der Waals surface area contributed by atoms with Gasteiger partial charge in [-0.25, -0.2) is 0 Å². The lowest BCUT2D eigenvalue weighted by Gasteiger charge is -2.57. The number of rotatable bonds is 4. The Labute approximate surface area is 166 Å². The molecule has 6 rings (SSSR count). The van der Waals surface area contributed by atoms with E-state index in [9.17, 15) is 9.59 Å². The number of ether oxygens (including phenoxy) is 1. The molecule has 0 unspecified atom stereocenters. The number of amides is 2. The van der Waals surface area contributed by atoms with E-state index in [-0.39, 0.29) is 18.4 Å². The van der Waals surface area contributed by atoms with Crippen molar-refractivity contribution in [2.24, 2.45) is 17.8 Å². The molecule has 28 heavy (non-hydrogen) atoms. The monoisotopic (exact) mass is 382 g/mol. The van der Waals surface area contributed by atoms with Gasteiger partial charge in [-0.05, 0) is 86.3 Å². The Balaban J connectivity index is 1.25. The summed E-state index contributed by atoms with van der Waals surface area (Å²) < 4.78 is 5.92. The molecule has 0 aromatic heterocycles. The summed E-state index contributed by atoms with van der Waals surface area (Å²) in [5.41, 5.74) is 1.85. The molecule has 1 N–H and O–H groups in total. The molecule has 1 aliphatic heterocycles. The fourth-order valence-electron chi connectivity index (χ4n) is 6.69. The predicted octanol–water partition coefficient (Wildman–Crippen LogP) is 2.88. The van der Waals surface area contributed by atoms with Crippen molar-refractivity contribution in [1.29, 1.82) is 0 Å². The Kier molecular flexibility index (Phi) is 4.37. The summed E-state index contributed by atoms with van der Waals surface area (Å²) in [6.45, 7) is 2.94. The van der Waals surface area contributed by atoms with Crippen LogP contribution in [0.5, 0.6) is 5.75 Å². The van der Waals surface area contributed by atoms with Gasteiger partial charge in [-0.2, -0.15) is 0 Å². The van der Waals surface area contributed by atoms with Gasteiger partial charge in [0.25, 0.3) is 5.91 Å². The highest BCUT2D eigenvalue weighted by Gasteiger charge is 2.51. The third-order valence-electron chi connectivity index (χ3n) is 7.52. The maximum absolute atomic E-state index is 12.6. The SMILES string of the molecule is C[C@H](Oc1ccc(C23CC4CC(CC(C4)C2)C3)cc1)C(=O)N1CCNC(=O)C1. The summed E-state index contributed by atoms with van der Waals surface area (Å²) >= 11 is 0. The molecule has 1 saturated heterocycles. The van der Waals surface area contributed by atoms with E-state index in [0.717, 1.165) is 23.5 Å². The largest absolute Gasteiger partial charge is 0.481 e. The Morgan fingerprint density at radius 1 is 1.11 bits per heavy atom. The van der Waals surface area contributed by atoms with Crippen molar-refractivity contribution in [3.63, 3.8) is 0 Å². The summed E-state index contributed by atoms with van der Waals surface area (Å²) in [7, 11) is 0. The smallest absolute Gasteiger partial charge is 0.263 e. The number of hydrogen-bond acceptors (Lipinski definition) is 3. The van der Waals surface area contributed by atoms with E-state index in [1.54, 1.807) is 11.8 Å². The van der Waals surface area contributed by atoms with E-state index in [1.807, 2.05) is 12.1 Å². The average molecular weight is 383 g/mol. The van der Waals surface area contributed by atoms with Gasteiger partial charge in [0.2, 0.25) is 5.91 Å². The second kappa shape index (κ2) is 6.78. The molecule has 2 amide bonds. The number of nitrogens with zero attached hydrogens (tertiary/aromatic N) is 1. The number of nitrogens with one attached hydrogen (secondary N) is 1. The minimum absolute atomic E-state index is 0.105. The molecular weight excluding hydrogens is 352 g/mol. The Hall–Kier alpha value is -2.04. The number of carbonyl (C=O) groups excluding carboxylic acids is 2. The van der Waals surface area contributed by atoms with E-state index < -0.39 is 6.10 Å². The van der Waals surface area contributed by atoms with Crippen molar-refractivity contribution in [2.75, 3.05) is 19.6 Å². The molecule has 5 fully saturated rings. The number of carbonyl (C=O) groups is 2. The van der Waals surface area contributed by atoms with Crippen LogP contribution in [0.1, 0.15) is 51.0 Å². The molecule has 1 heterocycles. The molecule has 5 aliphatic rings. The van der Waals surface area contributed by atoms with Crippen molar-refractivity contribution < 1.29 is 14.3 Å². The summed E-state index contributed by atoms with van der Waals surface area (Å²) in [6.07, 6.45) is 7.83. The normalized spacial score (nSPS) is 34.8. The maximum atomic E-state index is 12.6. The van der Waals surface area contributed by atoms with Gasteiger partial charge in [0.1, 0.15) is 5.75 Å². The topological polar surface area (TPSA) is 58.6 Å². The van der Waals surface area contributed by atoms with Crippen molar-refractivity contribution in [3.05, 3.63) is 29.8 Å². The zero-order chi connectivity index (χ0) is 19.3. The summed E-state index contributed by atoms with van der Waals surface area (Å²) in [5, 5.41) is 2.74. The van der Waals surface area contributed by atoms with E-state index in [2.05, 4.69) is 17.4 Å². The van der Waals surface area contributed by atoms with Gasteiger partial charge in [-0.1, -0.05) is 12.1 Å². The van der Waals surface area contributed by atoms with Crippen LogP contribution >= 0.6 is 0 Å². The first kappa shape index (κ1) is 18.0. The number of piperazine rings is 1. The average Bonchev–Trinajstić information content (AvgIpc) is 2.67. The Morgan fingerprint density at radius 2 is 1.71 bits per heavy atom. The highest BCUT2D eigenvalue weighted by Crippen LogP contribution is 2.60. The first-order valence-corrected chi connectivity index (χ1v) is 10.8. The quantitative estimate of drug-likeness (QED) is 0.871. The van der Waals surface area contributed by atoms with E-state index in [4.69, 9.17) is 4.74 Å². The molecule has 1 atom stereocenters. The molecule has 150 valence electrons. The molecule has 4 aliphatic carbocycles. The summed E-state index contributed by atoms with van der Waals surface area (Å²) in [4.78, 5) is 25.7. The van der Waals surface area contributed by atoms with E-state index >= 15 is 0 Å². The van der Waals surface area contributed by atoms with Gasteiger partial charge in [-0.15, -0.1) is 0 Å². The molecule has 1 aromatic rings. The summed E-state index contributed by atoms with van der Waals surface area (Å²) in [6, 6.07) is 8.52. The third kappa shape index (κ3) is 3.19. The predicted molar refractivity (Wildman–Crippen MR) is 106 cm³/mol. The van der Waals surface area contributed by atoms with E-state index in [1.165, 1.54) is 44.1 Å². The lowest BCUT2D eigenvalue weighted by molar-refractivity contribution is -0.143. The van der Waals surface area contributed by atoms with Gasteiger partial charge in [-0.3, -0.25) is 9.59 Å². The van der Waals surface area contributed by atoms with Crippen molar-refractivity contribution in [3.8, 4) is 5.75 Å². The third-order valence-corrected chi connectivity index (χ3v) is 7.52. The van der Waals surface area contributed by atoms with Gasteiger partial charge in [0.05, 0.1) is 6.54 Å². The van der Waals surface area contributed by atoms with Crippen LogP contribution in [0.2, 0.25) is 0 Å². The van der Waals surface area contributed by atoms with E-state index in [0.29, 0.717) is 18.5 Å². The molecule has 5 heteroatoms. The zero-order valence-electron chi connectivity index (χ0n) is 16.7. The Bertz CT molecular complexity index is 737. The van der Waals surface area contributed by atoms with Crippen LogP contribution in [-0.2, 0) is 15.0 Å². The van der Waals surface area contributed by atoms with Crippen molar-refractivity contribution >= 4 is 11.8 Å². The van der Waals surface area contributed by atoms with Gasteiger partial charge < -0.3 is 15.0 Å². The first-order valence-electron chi connectivity index (χ1n) is 10.8. The fourth-order valence-corrected chi connectivity index (χ4v) is 6.69. The second-order valence-corrected chi connectivity index (χ2v) is 9.59. The highest BCUT2D eigenvalue weighted by molar-refractivity contribution is 5.88. The molecule has 4 saturated carbocycles. The van der Waals surface area contributed by atoms with Crippen molar-refractivity contribution in [1.82, 2.24) is 10.2 Å². The standard InChI is InChI=1S/C23H30N2O3/c1-15(22(27)25-7-6-24-21(26)14-25)28-20-4-2-19(3-5-20)23-11-16-8-17(12-23)10-18(9-16)13-23/h2-5,15-18H,6-14H2,1H3,(H,24,26)/t15-,16?,17?,18?,23?/m0/s1. The molecular formula is C23H30N2O3. The van der Waals surface area contributed by atoms with Crippen LogP contribution in [0.25, 0.3) is 0 Å². The second-order valence-electron chi connectivity index (χ2n) is 9.59. The zero-order valence-corrected chi connectivity index (χ0v) is 16.7. The number of benzene rings is 1. The van der Waals surface area contributed by atoms with Gasteiger partial charge >= 0.3 is 0 Å². The minimum atomic E-state index is -0.587. The lowest BCUT2D eigenvalue weighted by Crippen LogP contribution is -2.53. The molecule has 0 spiro atoms. The number of hydrogen-bond donors (Lipinski definition) is 1. The van der Waals surface area contributed by atoms with Crippen LogP contribution in [-0.4, -0.2) is 42.5 Å².